The molecule has 1 aliphatic rings. The quantitative estimate of drug-likeness (QED) is 0.618. The van der Waals surface area contributed by atoms with Crippen LogP contribution in [0.15, 0.2) is 18.5 Å². The molecule has 1 atom stereocenters. The van der Waals surface area contributed by atoms with Gasteiger partial charge in [0.1, 0.15) is 0 Å². The van der Waals surface area contributed by atoms with Crippen LogP contribution in [0.1, 0.15) is 12.0 Å². The summed E-state index contributed by atoms with van der Waals surface area (Å²) in [6.45, 7) is 4.67. The second kappa shape index (κ2) is 5.90. The van der Waals surface area contributed by atoms with Crippen molar-refractivity contribution in [3.8, 4) is 0 Å². The van der Waals surface area contributed by atoms with Gasteiger partial charge in [0, 0.05) is 31.5 Å². The Kier molecular flexibility index (Phi) is 4.20. The van der Waals surface area contributed by atoms with Crippen LogP contribution in [0.25, 0.3) is 0 Å². The van der Waals surface area contributed by atoms with E-state index in [1.165, 1.54) is 5.56 Å². The number of aromatic nitrogens is 1. The van der Waals surface area contributed by atoms with Gasteiger partial charge in [-0.15, -0.1) is 0 Å². The van der Waals surface area contributed by atoms with Gasteiger partial charge >= 0.3 is 0 Å². The normalized spacial score (nSPS) is 21.7. The maximum Gasteiger partial charge on any atom is 0.0620 e. The molecule has 0 aromatic carbocycles. The SMILES string of the molecule is c1cc(CNCCC2COCCN2)c[nH]1. The first-order valence-corrected chi connectivity index (χ1v) is 5.58. The van der Waals surface area contributed by atoms with Crippen LogP contribution < -0.4 is 10.6 Å². The predicted molar refractivity (Wildman–Crippen MR) is 59.7 cm³/mol. The van der Waals surface area contributed by atoms with Gasteiger partial charge in [-0.1, -0.05) is 0 Å². The average Bonchev–Trinajstić information content (AvgIpc) is 2.79. The smallest absolute Gasteiger partial charge is 0.0620 e. The van der Waals surface area contributed by atoms with E-state index in [0.717, 1.165) is 39.3 Å². The minimum Gasteiger partial charge on any atom is -0.379 e. The number of morpholine rings is 1. The van der Waals surface area contributed by atoms with Crippen LogP contribution in [0.4, 0.5) is 0 Å². The zero-order valence-electron chi connectivity index (χ0n) is 8.96. The summed E-state index contributed by atoms with van der Waals surface area (Å²) in [5.74, 6) is 0. The monoisotopic (exact) mass is 209 g/mol. The van der Waals surface area contributed by atoms with Gasteiger partial charge in [-0.25, -0.2) is 0 Å². The van der Waals surface area contributed by atoms with Gasteiger partial charge < -0.3 is 20.4 Å². The summed E-state index contributed by atoms with van der Waals surface area (Å²) in [5.41, 5.74) is 1.31. The highest BCUT2D eigenvalue weighted by atomic mass is 16.5. The number of ether oxygens (including phenoxy) is 1. The second-order valence-electron chi connectivity index (χ2n) is 3.91. The summed E-state index contributed by atoms with van der Waals surface area (Å²) in [7, 11) is 0. The van der Waals surface area contributed by atoms with Crippen LogP contribution in [0.2, 0.25) is 0 Å². The fourth-order valence-electron chi connectivity index (χ4n) is 1.78. The van der Waals surface area contributed by atoms with Gasteiger partial charge in [0.05, 0.1) is 13.2 Å². The molecule has 0 aliphatic carbocycles. The maximum atomic E-state index is 5.39. The number of nitrogens with one attached hydrogen (secondary N) is 3. The third-order valence-corrected chi connectivity index (χ3v) is 2.66. The highest BCUT2D eigenvalue weighted by molar-refractivity contribution is 5.07. The van der Waals surface area contributed by atoms with Crippen molar-refractivity contribution in [1.82, 2.24) is 15.6 Å². The predicted octanol–water partition coefficient (Wildman–Crippen LogP) is 0.483. The minimum atomic E-state index is 0.525. The van der Waals surface area contributed by atoms with Crippen molar-refractivity contribution >= 4 is 0 Å². The van der Waals surface area contributed by atoms with Gasteiger partial charge in [-0.05, 0) is 24.6 Å². The van der Waals surface area contributed by atoms with Crippen molar-refractivity contribution in [2.24, 2.45) is 0 Å². The number of rotatable bonds is 5. The molecule has 0 saturated carbocycles. The largest absolute Gasteiger partial charge is 0.379 e. The molecule has 4 heteroatoms. The molecule has 0 spiro atoms. The third-order valence-electron chi connectivity index (χ3n) is 2.66. The Hall–Kier alpha value is -0.840. The summed E-state index contributed by atoms with van der Waals surface area (Å²) >= 11 is 0. The molecule has 1 fully saturated rings. The molecule has 84 valence electrons. The van der Waals surface area contributed by atoms with Gasteiger partial charge in [0.15, 0.2) is 0 Å². The Labute approximate surface area is 90.4 Å². The number of hydrogen-bond acceptors (Lipinski definition) is 3. The van der Waals surface area contributed by atoms with E-state index >= 15 is 0 Å². The van der Waals surface area contributed by atoms with Gasteiger partial charge in [0.25, 0.3) is 0 Å². The Balaban J connectivity index is 1.54. The van der Waals surface area contributed by atoms with Gasteiger partial charge in [0.2, 0.25) is 0 Å². The van der Waals surface area contributed by atoms with Gasteiger partial charge in [-0.3, -0.25) is 0 Å². The molecule has 2 rings (SSSR count). The van der Waals surface area contributed by atoms with Crippen molar-refractivity contribution in [3.63, 3.8) is 0 Å². The van der Waals surface area contributed by atoms with E-state index in [4.69, 9.17) is 4.74 Å². The van der Waals surface area contributed by atoms with Crippen LogP contribution in [0, 0.1) is 0 Å². The lowest BCUT2D eigenvalue weighted by Gasteiger charge is -2.23. The summed E-state index contributed by atoms with van der Waals surface area (Å²) in [6, 6.07) is 2.62. The van der Waals surface area contributed by atoms with Crippen LogP contribution in [-0.4, -0.2) is 37.3 Å². The van der Waals surface area contributed by atoms with E-state index in [0.29, 0.717) is 6.04 Å². The van der Waals surface area contributed by atoms with Crippen molar-refractivity contribution in [2.45, 2.75) is 19.0 Å². The molecule has 1 saturated heterocycles. The molecule has 1 aromatic heterocycles. The summed E-state index contributed by atoms with van der Waals surface area (Å²) in [5, 5.41) is 6.86. The lowest BCUT2D eigenvalue weighted by molar-refractivity contribution is 0.0742. The Morgan fingerprint density at radius 3 is 3.27 bits per heavy atom. The summed E-state index contributed by atoms with van der Waals surface area (Å²) < 4.78 is 5.39. The van der Waals surface area contributed by atoms with E-state index in [9.17, 15) is 0 Å². The summed E-state index contributed by atoms with van der Waals surface area (Å²) in [6.07, 6.45) is 5.10. The van der Waals surface area contributed by atoms with E-state index in [-0.39, 0.29) is 0 Å². The Morgan fingerprint density at radius 1 is 1.53 bits per heavy atom. The molecule has 15 heavy (non-hydrogen) atoms. The molecule has 4 nitrogen and oxygen atoms in total. The molecular weight excluding hydrogens is 190 g/mol. The van der Waals surface area contributed by atoms with Gasteiger partial charge in [-0.2, -0.15) is 0 Å². The zero-order chi connectivity index (χ0) is 10.3. The third kappa shape index (κ3) is 3.66. The van der Waals surface area contributed by atoms with Crippen molar-refractivity contribution < 1.29 is 4.74 Å². The molecule has 3 N–H and O–H groups in total. The molecule has 0 amide bonds. The average molecular weight is 209 g/mol. The molecule has 1 aliphatic heterocycles. The standard InChI is InChI=1S/C11H19N3O/c1-3-12-7-10(1)8-13-4-2-11-9-15-6-5-14-11/h1,3,7,11-14H,2,4-6,8-9H2. The number of H-pyrrole nitrogens is 1. The minimum absolute atomic E-state index is 0.525. The Bertz CT molecular complexity index is 255. The first-order chi connectivity index (χ1) is 7.45. The van der Waals surface area contributed by atoms with E-state index in [2.05, 4.69) is 21.7 Å². The van der Waals surface area contributed by atoms with E-state index in [1.54, 1.807) is 0 Å². The van der Waals surface area contributed by atoms with Crippen LogP contribution in [0.3, 0.4) is 0 Å². The highest BCUT2D eigenvalue weighted by Crippen LogP contribution is 1.98. The lowest BCUT2D eigenvalue weighted by atomic mass is 10.2. The molecule has 1 aromatic rings. The number of aromatic amines is 1. The lowest BCUT2D eigenvalue weighted by Crippen LogP contribution is -2.42. The Morgan fingerprint density at radius 2 is 2.53 bits per heavy atom. The van der Waals surface area contributed by atoms with E-state index in [1.807, 2.05) is 12.4 Å². The van der Waals surface area contributed by atoms with Crippen LogP contribution in [-0.2, 0) is 11.3 Å². The molecule has 1 unspecified atom stereocenters. The fraction of sp³-hybridized carbons (Fsp3) is 0.636. The highest BCUT2D eigenvalue weighted by Gasteiger charge is 2.11. The molecular formula is C11H19N3O. The van der Waals surface area contributed by atoms with Crippen LogP contribution in [0.5, 0.6) is 0 Å². The van der Waals surface area contributed by atoms with E-state index < -0.39 is 0 Å². The molecule has 2 heterocycles. The number of hydrogen-bond donors (Lipinski definition) is 3. The van der Waals surface area contributed by atoms with Crippen LogP contribution >= 0.6 is 0 Å². The fourth-order valence-corrected chi connectivity index (χ4v) is 1.78. The summed E-state index contributed by atoms with van der Waals surface area (Å²) in [4.78, 5) is 3.05. The zero-order valence-corrected chi connectivity index (χ0v) is 8.96. The maximum absolute atomic E-state index is 5.39. The topological polar surface area (TPSA) is 49.1 Å². The van der Waals surface area contributed by atoms with Crippen molar-refractivity contribution in [1.29, 1.82) is 0 Å². The van der Waals surface area contributed by atoms with Crippen molar-refractivity contribution in [2.75, 3.05) is 26.3 Å². The second-order valence-corrected chi connectivity index (χ2v) is 3.91. The first-order valence-electron chi connectivity index (χ1n) is 5.58. The first kappa shape index (κ1) is 10.7. The molecule has 0 bridgehead atoms. The van der Waals surface area contributed by atoms with Crippen molar-refractivity contribution in [3.05, 3.63) is 24.0 Å². The molecule has 0 radical (unpaired) electrons.